The molecule has 1 atom stereocenters. The first-order valence-corrected chi connectivity index (χ1v) is 9.48. The third kappa shape index (κ3) is 2.90. The lowest BCUT2D eigenvalue weighted by Crippen LogP contribution is -2.39. The van der Waals surface area contributed by atoms with E-state index in [1.54, 1.807) is 6.07 Å². The number of fused-ring (bicyclic) bond motifs is 3. The van der Waals surface area contributed by atoms with Crippen molar-refractivity contribution in [3.8, 4) is 0 Å². The summed E-state index contributed by atoms with van der Waals surface area (Å²) in [5, 5.41) is 5.00. The summed E-state index contributed by atoms with van der Waals surface area (Å²) in [5.41, 5.74) is 7.95. The smallest absolute Gasteiger partial charge is 0.253 e. The van der Waals surface area contributed by atoms with Crippen LogP contribution in [0.25, 0.3) is 10.9 Å². The van der Waals surface area contributed by atoms with Crippen LogP contribution in [0.15, 0.2) is 30.3 Å². The van der Waals surface area contributed by atoms with E-state index in [1.165, 1.54) is 33.3 Å². The molecule has 0 saturated heterocycles. The molecular weight excluding hydrogens is 344 g/mol. The molecule has 4 heteroatoms. The van der Waals surface area contributed by atoms with Crippen LogP contribution in [-0.4, -0.2) is 16.9 Å². The number of benzene rings is 2. The number of amides is 1. The van der Waals surface area contributed by atoms with Crippen LogP contribution in [0, 0.1) is 20.8 Å². The van der Waals surface area contributed by atoms with E-state index in [4.69, 9.17) is 11.6 Å². The fourth-order valence-corrected chi connectivity index (χ4v) is 4.29. The Balaban J connectivity index is 1.60. The summed E-state index contributed by atoms with van der Waals surface area (Å²) in [6.45, 7) is 6.21. The van der Waals surface area contributed by atoms with Gasteiger partial charge in [0, 0.05) is 22.6 Å². The van der Waals surface area contributed by atoms with Gasteiger partial charge in [0.1, 0.15) is 0 Å². The van der Waals surface area contributed by atoms with Crippen molar-refractivity contribution in [2.75, 3.05) is 0 Å². The fraction of sp³-hybridized carbons (Fsp3) is 0.318. The summed E-state index contributed by atoms with van der Waals surface area (Å²) in [4.78, 5) is 16.3. The molecule has 0 bridgehead atoms. The molecule has 0 aliphatic heterocycles. The quantitative estimate of drug-likeness (QED) is 0.656. The summed E-state index contributed by atoms with van der Waals surface area (Å²) < 4.78 is 0. The Morgan fingerprint density at radius 1 is 1.15 bits per heavy atom. The standard InChI is InChI=1S/C22H23ClN2O/c1-12-5-4-6-18(23)21(12)22(26)24-15-7-8-19-17(11-15)16-9-13(2)14(3)10-20(16)25-19/h4-6,9-10,15,25H,7-8,11H2,1-3H3,(H,24,26). The van der Waals surface area contributed by atoms with Crippen LogP contribution in [0.2, 0.25) is 5.02 Å². The summed E-state index contributed by atoms with van der Waals surface area (Å²) in [5.74, 6) is -0.0755. The predicted octanol–water partition coefficient (Wildman–Crippen LogP) is 5.03. The summed E-state index contributed by atoms with van der Waals surface area (Å²) in [6.07, 6.45) is 2.74. The minimum absolute atomic E-state index is 0.0755. The lowest BCUT2D eigenvalue weighted by molar-refractivity contribution is 0.0933. The van der Waals surface area contributed by atoms with Crippen molar-refractivity contribution in [3.05, 3.63) is 68.9 Å². The van der Waals surface area contributed by atoms with Gasteiger partial charge in [-0.25, -0.2) is 0 Å². The van der Waals surface area contributed by atoms with Crippen molar-refractivity contribution in [3.63, 3.8) is 0 Å². The molecule has 134 valence electrons. The third-order valence-electron chi connectivity index (χ3n) is 5.59. The van der Waals surface area contributed by atoms with Crippen LogP contribution >= 0.6 is 11.6 Å². The van der Waals surface area contributed by atoms with Crippen molar-refractivity contribution in [1.82, 2.24) is 10.3 Å². The van der Waals surface area contributed by atoms with Gasteiger partial charge in [0.15, 0.2) is 0 Å². The number of hydrogen-bond donors (Lipinski definition) is 2. The van der Waals surface area contributed by atoms with Gasteiger partial charge in [-0.2, -0.15) is 0 Å². The highest BCUT2D eigenvalue weighted by atomic mass is 35.5. The average molecular weight is 367 g/mol. The highest BCUT2D eigenvalue weighted by molar-refractivity contribution is 6.34. The minimum atomic E-state index is -0.0755. The first-order chi connectivity index (χ1) is 12.4. The number of carbonyl (C=O) groups is 1. The Morgan fingerprint density at radius 2 is 1.92 bits per heavy atom. The van der Waals surface area contributed by atoms with Gasteiger partial charge < -0.3 is 10.3 Å². The molecule has 2 N–H and O–H groups in total. The maximum absolute atomic E-state index is 12.8. The summed E-state index contributed by atoms with van der Waals surface area (Å²) in [7, 11) is 0. The summed E-state index contributed by atoms with van der Waals surface area (Å²) >= 11 is 6.25. The number of hydrogen-bond acceptors (Lipinski definition) is 1. The van der Waals surface area contributed by atoms with Crippen LogP contribution in [-0.2, 0) is 12.8 Å². The zero-order chi connectivity index (χ0) is 18.4. The van der Waals surface area contributed by atoms with Crippen LogP contribution in [0.4, 0.5) is 0 Å². The third-order valence-corrected chi connectivity index (χ3v) is 5.90. The maximum Gasteiger partial charge on any atom is 0.253 e. The molecule has 4 rings (SSSR count). The van der Waals surface area contributed by atoms with Crippen molar-refractivity contribution < 1.29 is 4.79 Å². The zero-order valence-electron chi connectivity index (χ0n) is 15.4. The van der Waals surface area contributed by atoms with E-state index in [9.17, 15) is 4.79 Å². The number of aromatic nitrogens is 1. The summed E-state index contributed by atoms with van der Waals surface area (Å²) in [6, 6.07) is 10.2. The topological polar surface area (TPSA) is 44.9 Å². The van der Waals surface area contributed by atoms with E-state index in [2.05, 4.69) is 36.3 Å². The number of H-pyrrole nitrogens is 1. The molecule has 0 radical (unpaired) electrons. The van der Waals surface area contributed by atoms with E-state index in [1.807, 2.05) is 19.1 Å². The van der Waals surface area contributed by atoms with Crippen molar-refractivity contribution in [2.24, 2.45) is 0 Å². The van der Waals surface area contributed by atoms with E-state index < -0.39 is 0 Å². The molecule has 3 nitrogen and oxygen atoms in total. The number of aromatic amines is 1. The second kappa shape index (κ2) is 6.48. The number of carbonyl (C=O) groups excluding carboxylic acids is 1. The van der Waals surface area contributed by atoms with Crippen molar-refractivity contribution in [2.45, 2.75) is 46.1 Å². The van der Waals surface area contributed by atoms with Crippen LogP contribution in [0.5, 0.6) is 0 Å². The highest BCUT2D eigenvalue weighted by Crippen LogP contribution is 2.31. The molecule has 1 amide bonds. The molecule has 0 fully saturated rings. The lowest BCUT2D eigenvalue weighted by Gasteiger charge is -2.24. The second-order valence-corrected chi connectivity index (χ2v) is 7.82. The van der Waals surface area contributed by atoms with Gasteiger partial charge in [-0.1, -0.05) is 23.7 Å². The predicted molar refractivity (Wildman–Crippen MR) is 107 cm³/mol. The van der Waals surface area contributed by atoms with E-state index in [-0.39, 0.29) is 11.9 Å². The monoisotopic (exact) mass is 366 g/mol. The Bertz CT molecular complexity index is 998. The SMILES string of the molecule is Cc1cc2[nH]c3c(c2cc1C)CC(NC(=O)c1c(C)cccc1Cl)CC3. The molecule has 26 heavy (non-hydrogen) atoms. The molecule has 3 aromatic rings. The normalized spacial score (nSPS) is 16.5. The van der Waals surface area contributed by atoms with Crippen LogP contribution in [0.3, 0.4) is 0 Å². The van der Waals surface area contributed by atoms with Crippen LogP contribution in [0.1, 0.15) is 44.7 Å². The van der Waals surface area contributed by atoms with Gasteiger partial charge in [-0.3, -0.25) is 4.79 Å². The van der Waals surface area contributed by atoms with E-state index >= 15 is 0 Å². The molecule has 1 aliphatic rings. The molecule has 1 heterocycles. The Kier molecular flexibility index (Phi) is 4.28. The Morgan fingerprint density at radius 3 is 2.69 bits per heavy atom. The maximum atomic E-state index is 12.8. The van der Waals surface area contributed by atoms with Gasteiger partial charge in [-0.15, -0.1) is 0 Å². The van der Waals surface area contributed by atoms with Gasteiger partial charge >= 0.3 is 0 Å². The molecular formula is C22H23ClN2O. The second-order valence-electron chi connectivity index (χ2n) is 7.41. The van der Waals surface area contributed by atoms with E-state index in [0.29, 0.717) is 10.6 Å². The van der Waals surface area contributed by atoms with E-state index in [0.717, 1.165) is 24.8 Å². The van der Waals surface area contributed by atoms with Gasteiger partial charge in [-0.05, 0) is 80.5 Å². The van der Waals surface area contributed by atoms with Crippen molar-refractivity contribution in [1.29, 1.82) is 0 Å². The van der Waals surface area contributed by atoms with Crippen LogP contribution < -0.4 is 5.32 Å². The molecule has 0 saturated carbocycles. The molecule has 1 aromatic heterocycles. The molecule has 1 aliphatic carbocycles. The lowest BCUT2D eigenvalue weighted by atomic mass is 9.90. The average Bonchev–Trinajstić information content (AvgIpc) is 2.92. The molecule has 2 aromatic carbocycles. The van der Waals surface area contributed by atoms with Gasteiger partial charge in [0.25, 0.3) is 5.91 Å². The first kappa shape index (κ1) is 17.2. The zero-order valence-corrected chi connectivity index (χ0v) is 16.1. The van der Waals surface area contributed by atoms with Gasteiger partial charge in [0.2, 0.25) is 0 Å². The number of aryl methyl sites for hydroxylation is 4. The fourth-order valence-electron chi connectivity index (χ4n) is 3.98. The minimum Gasteiger partial charge on any atom is -0.358 e. The molecule has 0 spiro atoms. The number of rotatable bonds is 2. The Labute approximate surface area is 158 Å². The van der Waals surface area contributed by atoms with Crippen molar-refractivity contribution >= 4 is 28.4 Å². The number of halogens is 1. The number of nitrogens with one attached hydrogen (secondary N) is 2. The highest BCUT2D eigenvalue weighted by Gasteiger charge is 2.25. The largest absolute Gasteiger partial charge is 0.358 e. The Hall–Kier alpha value is -2.26. The molecule has 1 unspecified atom stereocenters. The van der Waals surface area contributed by atoms with Gasteiger partial charge in [0.05, 0.1) is 10.6 Å². The first-order valence-electron chi connectivity index (χ1n) is 9.10.